The molecule has 0 amide bonds. The van der Waals surface area contributed by atoms with Crippen molar-refractivity contribution in [3.05, 3.63) is 23.3 Å². The molecule has 0 aromatic carbocycles. The topological polar surface area (TPSA) is 28.0 Å². The van der Waals surface area contributed by atoms with Gasteiger partial charge in [0, 0.05) is 0 Å². The van der Waals surface area contributed by atoms with Gasteiger partial charge in [-0.1, -0.05) is 21.9 Å². The minimum Gasteiger partial charge on any atom is -0.234 e. The van der Waals surface area contributed by atoms with Gasteiger partial charge in [-0.2, -0.15) is 0 Å². The first-order chi connectivity index (χ1) is 4.47. The molecule has 2 rings (SSSR count). The molecule has 0 aromatic rings. The fourth-order valence-corrected chi connectivity index (χ4v) is 1.30. The second-order valence-electron chi connectivity index (χ2n) is 1.78. The van der Waals surface area contributed by atoms with Crippen LogP contribution in [0.15, 0.2) is 33.0 Å². The number of hydrogen-bond acceptors (Lipinski definition) is 4. The van der Waals surface area contributed by atoms with Gasteiger partial charge in [0.1, 0.15) is 5.03 Å². The molecule has 0 fully saturated rings. The van der Waals surface area contributed by atoms with Crippen LogP contribution in [0.4, 0.5) is 0 Å². The van der Waals surface area contributed by atoms with Crippen molar-refractivity contribution in [2.45, 2.75) is 0 Å². The molecular formula is C5H5N3S. The molecule has 0 atom stereocenters. The predicted molar refractivity (Wildman–Crippen MR) is 36.4 cm³/mol. The predicted octanol–water partition coefficient (Wildman–Crippen LogP) is 1.73. The molecule has 0 unspecified atom stereocenters. The summed E-state index contributed by atoms with van der Waals surface area (Å²) in [7, 11) is 0. The standard InChI is InChI=1S/C5H5N3S/c1-2-4-8-5(3-1)9-7-6-8/h1-3H,4H2. The maximum atomic E-state index is 3.86. The molecule has 0 saturated carbocycles. The molecule has 46 valence electrons. The van der Waals surface area contributed by atoms with Crippen molar-refractivity contribution >= 4 is 11.9 Å². The van der Waals surface area contributed by atoms with Crippen LogP contribution in [0, 0.1) is 0 Å². The average molecular weight is 139 g/mol. The molecule has 9 heavy (non-hydrogen) atoms. The van der Waals surface area contributed by atoms with E-state index in [0.717, 1.165) is 11.6 Å². The van der Waals surface area contributed by atoms with Crippen LogP contribution in [-0.2, 0) is 0 Å². The molecule has 0 radical (unpaired) electrons. The van der Waals surface area contributed by atoms with Gasteiger partial charge in [-0.3, -0.25) is 0 Å². The maximum Gasteiger partial charge on any atom is 0.119 e. The van der Waals surface area contributed by atoms with Crippen LogP contribution < -0.4 is 0 Å². The highest BCUT2D eigenvalue weighted by molar-refractivity contribution is 8.01. The number of fused-ring (bicyclic) bond motifs is 1. The molecule has 0 saturated heterocycles. The van der Waals surface area contributed by atoms with Gasteiger partial charge in [-0.25, -0.2) is 5.01 Å². The van der Waals surface area contributed by atoms with Crippen LogP contribution in [0.5, 0.6) is 0 Å². The quantitative estimate of drug-likeness (QED) is 0.478. The highest BCUT2D eigenvalue weighted by atomic mass is 32.2. The van der Waals surface area contributed by atoms with Crippen molar-refractivity contribution in [3.63, 3.8) is 0 Å². The molecule has 3 nitrogen and oxygen atoms in total. The van der Waals surface area contributed by atoms with Gasteiger partial charge in [0.15, 0.2) is 0 Å². The third-order valence-corrected chi connectivity index (χ3v) is 1.88. The summed E-state index contributed by atoms with van der Waals surface area (Å²) in [5, 5.41) is 6.85. The molecular weight excluding hydrogens is 134 g/mol. The Morgan fingerprint density at radius 2 is 2.67 bits per heavy atom. The van der Waals surface area contributed by atoms with E-state index >= 15 is 0 Å². The van der Waals surface area contributed by atoms with E-state index in [2.05, 4.69) is 15.8 Å². The molecule has 0 aliphatic carbocycles. The zero-order valence-electron chi connectivity index (χ0n) is 4.69. The van der Waals surface area contributed by atoms with Crippen molar-refractivity contribution in [2.24, 2.45) is 9.74 Å². The zero-order valence-corrected chi connectivity index (χ0v) is 5.51. The van der Waals surface area contributed by atoms with Gasteiger partial charge in [0.05, 0.1) is 18.5 Å². The number of rotatable bonds is 0. The summed E-state index contributed by atoms with van der Waals surface area (Å²) >= 11 is 1.42. The summed E-state index contributed by atoms with van der Waals surface area (Å²) in [5.41, 5.74) is 0. The largest absolute Gasteiger partial charge is 0.234 e. The number of hydrogen-bond donors (Lipinski definition) is 0. The second kappa shape index (κ2) is 1.88. The van der Waals surface area contributed by atoms with E-state index in [1.165, 1.54) is 11.9 Å². The minimum absolute atomic E-state index is 0.863. The zero-order chi connectivity index (χ0) is 6.10. The van der Waals surface area contributed by atoms with Gasteiger partial charge < -0.3 is 0 Å². The Morgan fingerprint density at radius 1 is 1.67 bits per heavy atom. The molecule has 0 bridgehead atoms. The first kappa shape index (κ1) is 5.05. The Balaban J connectivity index is 2.29. The molecule has 2 aliphatic rings. The lowest BCUT2D eigenvalue weighted by Crippen LogP contribution is -2.12. The lowest BCUT2D eigenvalue weighted by Gasteiger charge is -2.11. The monoisotopic (exact) mass is 139 g/mol. The van der Waals surface area contributed by atoms with E-state index in [1.807, 2.05) is 17.2 Å². The number of allylic oxidation sites excluding steroid dienone is 2. The van der Waals surface area contributed by atoms with Gasteiger partial charge in [-0.15, -0.1) is 0 Å². The Kier molecular flexibility index (Phi) is 1.05. The number of nitrogens with zero attached hydrogens (tertiary/aromatic N) is 3. The maximum absolute atomic E-state index is 3.86. The summed E-state index contributed by atoms with van der Waals surface area (Å²) in [5.74, 6) is 0. The molecule has 0 aromatic heterocycles. The lowest BCUT2D eigenvalue weighted by atomic mass is 10.4. The third kappa shape index (κ3) is 0.751. The van der Waals surface area contributed by atoms with E-state index < -0.39 is 0 Å². The van der Waals surface area contributed by atoms with Gasteiger partial charge in [0.2, 0.25) is 0 Å². The van der Waals surface area contributed by atoms with E-state index in [-0.39, 0.29) is 0 Å². The Bertz CT molecular complexity index is 206. The van der Waals surface area contributed by atoms with E-state index in [4.69, 9.17) is 0 Å². The van der Waals surface area contributed by atoms with Crippen LogP contribution in [0.3, 0.4) is 0 Å². The summed E-state index contributed by atoms with van der Waals surface area (Å²) < 4.78 is 3.79. The molecule has 2 heterocycles. The molecule has 2 aliphatic heterocycles. The van der Waals surface area contributed by atoms with Crippen LogP contribution in [0.1, 0.15) is 0 Å². The Morgan fingerprint density at radius 3 is 3.56 bits per heavy atom. The minimum atomic E-state index is 0.863. The van der Waals surface area contributed by atoms with Crippen LogP contribution in [0.25, 0.3) is 0 Å². The highest BCUT2D eigenvalue weighted by Gasteiger charge is 2.14. The fraction of sp³-hybridized carbons (Fsp3) is 0.200. The summed E-state index contributed by atoms with van der Waals surface area (Å²) in [4.78, 5) is 0. The summed E-state index contributed by atoms with van der Waals surface area (Å²) in [6.07, 6.45) is 6.08. The van der Waals surface area contributed by atoms with Gasteiger partial charge in [0.25, 0.3) is 0 Å². The normalized spacial score (nSPS) is 22.2. The van der Waals surface area contributed by atoms with E-state index in [0.29, 0.717) is 0 Å². The first-order valence-electron chi connectivity index (χ1n) is 2.69. The lowest BCUT2D eigenvalue weighted by molar-refractivity contribution is 0.418. The molecule has 4 heteroatoms. The van der Waals surface area contributed by atoms with Crippen LogP contribution in [-0.4, -0.2) is 11.6 Å². The molecule has 0 spiro atoms. The van der Waals surface area contributed by atoms with E-state index in [1.54, 1.807) is 0 Å². The smallest absolute Gasteiger partial charge is 0.119 e. The summed E-state index contributed by atoms with van der Waals surface area (Å²) in [6, 6.07) is 0. The third-order valence-electron chi connectivity index (χ3n) is 1.19. The van der Waals surface area contributed by atoms with Crippen molar-refractivity contribution < 1.29 is 0 Å². The SMILES string of the molecule is C1=CCN2N=NSC2=C1. The van der Waals surface area contributed by atoms with Crippen LogP contribution in [0.2, 0.25) is 0 Å². The van der Waals surface area contributed by atoms with Crippen LogP contribution >= 0.6 is 11.9 Å². The highest BCUT2D eigenvalue weighted by Crippen LogP contribution is 2.30. The average Bonchev–Trinajstić information content (AvgIpc) is 2.33. The van der Waals surface area contributed by atoms with Crippen molar-refractivity contribution in [3.8, 4) is 0 Å². The van der Waals surface area contributed by atoms with Gasteiger partial charge in [-0.05, 0) is 6.08 Å². The van der Waals surface area contributed by atoms with Crippen molar-refractivity contribution in [1.29, 1.82) is 0 Å². The Labute approximate surface area is 57.2 Å². The van der Waals surface area contributed by atoms with Gasteiger partial charge >= 0.3 is 0 Å². The van der Waals surface area contributed by atoms with Crippen molar-refractivity contribution in [1.82, 2.24) is 5.01 Å². The van der Waals surface area contributed by atoms with Crippen molar-refractivity contribution in [2.75, 3.05) is 6.54 Å². The Hall–Kier alpha value is -0.770. The molecule has 0 N–H and O–H groups in total. The fourth-order valence-electron chi connectivity index (χ4n) is 0.749. The first-order valence-corrected chi connectivity index (χ1v) is 3.46. The van der Waals surface area contributed by atoms with E-state index in [9.17, 15) is 0 Å². The summed E-state index contributed by atoms with van der Waals surface area (Å²) in [6.45, 7) is 0.863. The second-order valence-corrected chi connectivity index (χ2v) is 2.54.